The summed E-state index contributed by atoms with van der Waals surface area (Å²) in [6.07, 6.45) is 0. The topological polar surface area (TPSA) is 74.3 Å². The number of ether oxygens (including phenoxy) is 1. The fraction of sp³-hybridized carbons (Fsp3) is 0.150. The van der Waals surface area contributed by atoms with Crippen molar-refractivity contribution in [2.24, 2.45) is 0 Å². The van der Waals surface area contributed by atoms with Crippen molar-refractivity contribution in [1.82, 2.24) is 9.55 Å². The predicted molar refractivity (Wildman–Crippen MR) is 112 cm³/mol. The Balaban J connectivity index is 2.10. The maximum Gasteiger partial charge on any atom is 0.269 e. The maximum atomic E-state index is 13.2. The highest BCUT2D eigenvalue weighted by molar-refractivity contribution is 9.10. The molecule has 8 heteroatoms. The lowest BCUT2D eigenvalue weighted by molar-refractivity contribution is 0.186. The number of rotatable bonds is 4. The van der Waals surface area contributed by atoms with E-state index in [4.69, 9.17) is 20.8 Å². The van der Waals surface area contributed by atoms with Gasteiger partial charge < -0.3 is 9.15 Å². The first kappa shape index (κ1) is 18.9. The summed E-state index contributed by atoms with van der Waals surface area (Å²) >= 11 is 9.31. The Hall–Kier alpha value is -2.48. The SMILES string of the molecule is COCCn1c(-c2ccc(Cl)cc2)nc2oc3ccc(Br)cc3c(=O)c2c1=O. The number of nitrogens with zero attached hydrogens (tertiary/aromatic N) is 2. The smallest absolute Gasteiger partial charge is 0.269 e. The van der Waals surface area contributed by atoms with Crippen LogP contribution in [-0.2, 0) is 11.3 Å². The summed E-state index contributed by atoms with van der Waals surface area (Å²) in [5.74, 6) is 0.380. The molecule has 2 aromatic carbocycles. The van der Waals surface area contributed by atoms with Gasteiger partial charge in [-0.15, -0.1) is 0 Å². The largest absolute Gasteiger partial charge is 0.437 e. The van der Waals surface area contributed by atoms with Crippen LogP contribution >= 0.6 is 27.5 Å². The van der Waals surface area contributed by atoms with Crippen LogP contribution in [0, 0.1) is 0 Å². The highest BCUT2D eigenvalue weighted by Crippen LogP contribution is 2.23. The van der Waals surface area contributed by atoms with E-state index in [0.29, 0.717) is 27.4 Å². The van der Waals surface area contributed by atoms with Crippen LogP contribution in [0.5, 0.6) is 0 Å². The van der Waals surface area contributed by atoms with Crippen LogP contribution in [-0.4, -0.2) is 23.3 Å². The number of hydrogen-bond donors (Lipinski definition) is 0. The number of aromatic nitrogens is 2. The molecule has 142 valence electrons. The molecule has 0 saturated heterocycles. The first-order valence-electron chi connectivity index (χ1n) is 8.41. The summed E-state index contributed by atoms with van der Waals surface area (Å²) < 4.78 is 13.1. The van der Waals surface area contributed by atoms with Gasteiger partial charge in [0.2, 0.25) is 11.1 Å². The third kappa shape index (κ3) is 3.26. The van der Waals surface area contributed by atoms with Gasteiger partial charge in [0.1, 0.15) is 11.4 Å². The first-order chi connectivity index (χ1) is 13.5. The molecule has 0 saturated carbocycles. The zero-order valence-electron chi connectivity index (χ0n) is 14.7. The van der Waals surface area contributed by atoms with E-state index < -0.39 is 11.0 Å². The fourth-order valence-corrected chi connectivity index (χ4v) is 3.51. The number of fused-ring (bicyclic) bond motifs is 2. The van der Waals surface area contributed by atoms with Crippen molar-refractivity contribution in [3.63, 3.8) is 0 Å². The molecule has 0 aliphatic heterocycles. The number of methoxy groups -OCH3 is 1. The van der Waals surface area contributed by atoms with Crippen LogP contribution in [0.25, 0.3) is 33.5 Å². The number of benzene rings is 2. The van der Waals surface area contributed by atoms with Gasteiger partial charge in [0, 0.05) is 22.2 Å². The second kappa shape index (κ2) is 7.50. The average Bonchev–Trinajstić information content (AvgIpc) is 2.68. The van der Waals surface area contributed by atoms with Crippen LogP contribution in [0.15, 0.2) is 60.9 Å². The lowest BCUT2D eigenvalue weighted by Gasteiger charge is -2.13. The second-order valence-corrected chi connectivity index (χ2v) is 7.50. The van der Waals surface area contributed by atoms with Crippen molar-refractivity contribution in [2.75, 3.05) is 13.7 Å². The Morgan fingerprint density at radius 1 is 1.18 bits per heavy atom. The van der Waals surface area contributed by atoms with E-state index >= 15 is 0 Å². The molecule has 6 nitrogen and oxygen atoms in total. The van der Waals surface area contributed by atoms with E-state index in [1.54, 1.807) is 49.6 Å². The van der Waals surface area contributed by atoms with Gasteiger partial charge in [-0.2, -0.15) is 4.98 Å². The van der Waals surface area contributed by atoms with Gasteiger partial charge in [0.25, 0.3) is 5.56 Å². The van der Waals surface area contributed by atoms with Gasteiger partial charge in [0.15, 0.2) is 5.39 Å². The highest BCUT2D eigenvalue weighted by atomic mass is 79.9. The minimum atomic E-state index is -0.470. The Labute approximate surface area is 172 Å². The summed E-state index contributed by atoms with van der Waals surface area (Å²) in [6, 6.07) is 12.0. The van der Waals surface area contributed by atoms with Crippen molar-refractivity contribution in [3.8, 4) is 11.4 Å². The number of halogens is 2. The first-order valence-corrected chi connectivity index (χ1v) is 9.58. The molecule has 2 aromatic heterocycles. The molecule has 0 N–H and O–H groups in total. The normalized spacial score (nSPS) is 11.4. The van der Waals surface area contributed by atoms with Crippen LogP contribution in [0.1, 0.15) is 0 Å². The zero-order valence-corrected chi connectivity index (χ0v) is 17.1. The lowest BCUT2D eigenvalue weighted by Crippen LogP contribution is -2.28. The Kier molecular flexibility index (Phi) is 5.05. The van der Waals surface area contributed by atoms with E-state index in [9.17, 15) is 9.59 Å². The molecule has 0 amide bonds. The van der Waals surface area contributed by atoms with Crippen molar-refractivity contribution < 1.29 is 9.15 Å². The van der Waals surface area contributed by atoms with Gasteiger partial charge >= 0.3 is 0 Å². The molecular weight excluding hydrogens is 448 g/mol. The summed E-state index contributed by atoms with van der Waals surface area (Å²) in [6.45, 7) is 0.532. The van der Waals surface area contributed by atoms with Crippen LogP contribution < -0.4 is 11.0 Å². The van der Waals surface area contributed by atoms with Gasteiger partial charge in [-0.3, -0.25) is 14.2 Å². The van der Waals surface area contributed by atoms with E-state index in [2.05, 4.69) is 20.9 Å². The van der Waals surface area contributed by atoms with E-state index in [1.165, 1.54) is 4.57 Å². The molecule has 0 aliphatic rings. The Morgan fingerprint density at radius 2 is 1.93 bits per heavy atom. The van der Waals surface area contributed by atoms with Crippen molar-refractivity contribution in [2.45, 2.75) is 6.54 Å². The third-order valence-electron chi connectivity index (χ3n) is 4.38. The minimum Gasteiger partial charge on any atom is -0.437 e. The molecule has 4 rings (SSSR count). The summed E-state index contributed by atoms with van der Waals surface area (Å²) in [4.78, 5) is 30.7. The predicted octanol–water partition coefficient (Wildman–Crippen LogP) is 4.23. The monoisotopic (exact) mass is 460 g/mol. The van der Waals surface area contributed by atoms with E-state index in [0.717, 1.165) is 4.47 Å². The molecule has 0 atom stereocenters. The molecule has 28 heavy (non-hydrogen) atoms. The van der Waals surface area contributed by atoms with E-state index in [-0.39, 0.29) is 24.3 Å². The van der Waals surface area contributed by atoms with Crippen LogP contribution in [0.4, 0.5) is 0 Å². The Morgan fingerprint density at radius 3 is 2.64 bits per heavy atom. The quantitative estimate of drug-likeness (QED) is 0.425. The van der Waals surface area contributed by atoms with Gasteiger partial charge in [-0.1, -0.05) is 27.5 Å². The molecule has 0 spiro atoms. The molecule has 4 aromatic rings. The van der Waals surface area contributed by atoms with Crippen molar-refractivity contribution in [3.05, 3.63) is 72.5 Å². The van der Waals surface area contributed by atoms with Crippen LogP contribution in [0.2, 0.25) is 5.02 Å². The molecule has 0 unspecified atom stereocenters. The summed E-state index contributed by atoms with van der Waals surface area (Å²) in [5, 5.41) is 0.802. The average molecular weight is 462 g/mol. The molecule has 0 aliphatic carbocycles. The molecule has 0 fully saturated rings. The molecule has 2 heterocycles. The molecule has 0 bridgehead atoms. The lowest BCUT2D eigenvalue weighted by atomic mass is 10.1. The fourth-order valence-electron chi connectivity index (χ4n) is 3.02. The van der Waals surface area contributed by atoms with Crippen LogP contribution in [0.3, 0.4) is 0 Å². The Bertz CT molecular complexity index is 1310. The summed E-state index contributed by atoms with van der Waals surface area (Å²) in [7, 11) is 1.54. The van der Waals surface area contributed by atoms with Gasteiger partial charge in [0.05, 0.1) is 18.5 Å². The van der Waals surface area contributed by atoms with Crippen molar-refractivity contribution in [1.29, 1.82) is 0 Å². The third-order valence-corrected chi connectivity index (χ3v) is 5.12. The zero-order chi connectivity index (χ0) is 19.8. The number of hydrogen-bond acceptors (Lipinski definition) is 5. The van der Waals surface area contributed by atoms with Crippen molar-refractivity contribution >= 4 is 49.6 Å². The second-order valence-electron chi connectivity index (χ2n) is 6.14. The molecular formula is C20H14BrClN2O4. The van der Waals surface area contributed by atoms with E-state index in [1.807, 2.05) is 0 Å². The summed E-state index contributed by atoms with van der Waals surface area (Å²) in [5.41, 5.74) is 0.164. The van der Waals surface area contributed by atoms with Gasteiger partial charge in [-0.05, 0) is 42.5 Å². The highest BCUT2D eigenvalue weighted by Gasteiger charge is 2.19. The standard InChI is InChI=1S/C20H14BrClN2O4/c1-27-9-8-24-18(11-2-5-13(22)6-3-11)23-19-16(20(24)26)17(25)14-10-12(21)4-7-15(14)28-19/h2-7,10H,8-9H2,1H3. The molecule has 0 radical (unpaired) electrons. The maximum absolute atomic E-state index is 13.2. The minimum absolute atomic E-state index is 0.00318. The van der Waals surface area contributed by atoms with Gasteiger partial charge in [-0.25, -0.2) is 0 Å².